The molecular formula is C26H27N3O5. The lowest BCUT2D eigenvalue weighted by Gasteiger charge is -2.13. The predicted molar refractivity (Wildman–Crippen MR) is 132 cm³/mol. The SMILES string of the molecule is COc1cc(NC(=O)/C=C/c2ccc(OC(C)C)c(OC)c2)ccc1NC(=O)c1cccnc1. The fourth-order valence-electron chi connectivity index (χ4n) is 3.06. The van der Waals surface area contributed by atoms with Crippen LogP contribution < -0.4 is 24.8 Å². The highest BCUT2D eigenvalue weighted by Gasteiger charge is 2.11. The van der Waals surface area contributed by atoms with Gasteiger partial charge in [-0.15, -0.1) is 0 Å². The summed E-state index contributed by atoms with van der Waals surface area (Å²) in [4.78, 5) is 28.8. The minimum absolute atomic E-state index is 0.0214. The summed E-state index contributed by atoms with van der Waals surface area (Å²) in [6, 6.07) is 13.7. The van der Waals surface area contributed by atoms with Gasteiger partial charge in [0.25, 0.3) is 5.91 Å². The molecular weight excluding hydrogens is 434 g/mol. The number of carbonyl (C=O) groups excluding carboxylic acids is 2. The van der Waals surface area contributed by atoms with Crippen molar-refractivity contribution in [3.05, 3.63) is 78.1 Å². The Labute approximate surface area is 198 Å². The summed E-state index contributed by atoms with van der Waals surface area (Å²) in [6.07, 6.45) is 6.19. The van der Waals surface area contributed by atoms with Gasteiger partial charge in [0, 0.05) is 30.2 Å². The third-order valence-electron chi connectivity index (χ3n) is 4.62. The van der Waals surface area contributed by atoms with Crippen molar-refractivity contribution in [2.45, 2.75) is 20.0 Å². The first-order valence-corrected chi connectivity index (χ1v) is 10.6. The molecule has 0 fully saturated rings. The van der Waals surface area contributed by atoms with E-state index < -0.39 is 0 Å². The van der Waals surface area contributed by atoms with Gasteiger partial charge in [-0.25, -0.2) is 0 Å². The van der Waals surface area contributed by atoms with E-state index in [2.05, 4.69) is 15.6 Å². The molecule has 0 bridgehead atoms. The molecule has 0 unspecified atom stereocenters. The molecule has 2 N–H and O–H groups in total. The Kier molecular flexibility index (Phi) is 8.23. The number of amides is 2. The van der Waals surface area contributed by atoms with E-state index in [9.17, 15) is 9.59 Å². The summed E-state index contributed by atoms with van der Waals surface area (Å²) in [5.74, 6) is 0.998. The third-order valence-corrected chi connectivity index (χ3v) is 4.62. The van der Waals surface area contributed by atoms with Crippen LogP contribution in [0.5, 0.6) is 17.2 Å². The maximum Gasteiger partial charge on any atom is 0.257 e. The molecule has 0 aliphatic rings. The van der Waals surface area contributed by atoms with Crippen LogP contribution in [0.2, 0.25) is 0 Å². The number of aromatic nitrogens is 1. The van der Waals surface area contributed by atoms with Crippen LogP contribution in [0.25, 0.3) is 6.08 Å². The molecule has 2 amide bonds. The molecule has 0 radical (unpaired) electrons. The summed E-state index contributed by atoms with van der Waals surface area (Å²) in [7, 11) is 3.06. The topological polar surface area (TPSA) is 98.8 Å². The highest BCUT2D eigenvalue weighted by molar-refractivity contribution is 6.05. The van der Waals surface area contributed by atoms with Gasteiger partial charge in [0.1, 0.15) is 5.75 Å². The van der Waals surface area contributed by atoms with Gasteiger partial charge in [-0.2, -0.15) is 0 Å². The predicted octanol–water partition coefficient (Wildman–Crippen LogP) is 4.79. The van der Waals surface area contributed by atoms with Crippen LogP contribution in [-0.2, 0) is 4.79 Å². The van der Waals surface area contributed by atoms with E-state index in [1.807, 2.05) is 19.9 Å². The van der Waals surface area contributed by atoms with Crippen LogP contribution in [0.1, 0.15) is 29.8 Å². The lowest BCUT2D eigenvalue weighted by Crippen LogP contribution is -2.13. The van der Waals surface area contributed by atoms with Gasteiger partial charge < -0.3 is 24.8 Å². The number of hydrogen-bond acceptors (Lipinski definition) is 6. The number of nitrogens with zero attached hydrogens (tertiary/aromatic N) is 1. The summed E-state index contributed by atoms with van der Waals surface area (Å²) in [6.45, 7) is 3.88. The van der Waals surface area contributed by atoms with Crippen molar-refractivity contribution in [1.29, 1.82) is 0 Å². The van der Waals surface area contributed by atoms with E-state index in [0.717, 1.165) is 5.56 Å². The Morgan fingerprint density at radius 1 is 0.941 bits per heavy atom. The number of carbonyl (C=O) groups is 2. The molecule has 0 atom stereocenters. The second kappa shape index (κ2) is 11.5. The number of rotatable bonds is 9. The molecule has 3 rings (SSSR count). The van der Waals surface area contributed by atoms with Crippen LogP contribution in [0.15, 0.2) is 67.0 Å². The van der Waals surface area contributed by atoms with Gasteiger partial charge in [0.15, 0.2) is 11.5 Å². The second-order valence-electron chi connectivity index (χ2n) is 7.51. The van der Waals surface area contributed by atoms with Crippen LogP contribution in [0.4, 0.5) is 11.4 Å². The molecule has 0 spiro atoms. The molecule has 1 aromatic heterocycles. The first-order valence-electron chi connectivity index (χ1n) is 10.6. The normalized spacial score (nSPS) is 10.7. The standard InChI is InChI=1S/C26H27N3O5/c1-17(2)34-22-11-7-18(14-24(22)33-4)8-12-25(30)28-20-9-10-21(23(15-20)32-3)29-26(31)19-6-5-13-27-16-19/h5-17H,1-4H3,(H,28,30)(H,29,31)/b12-8+. The third kappa shape index (κ3) is 6.59. The Morgan fingerprint density at radius 3 is 2.41 bits per heavy atom. The van der Waals surface area contributed by atoms with Crippen molar-refractivity contribution < 1.29 is 23.8 Å². The lowest BCUT2D eigenvalue weighted by atomic mass is 10.2. The second-order valence-corrected chi connectivity index (χ2v) is 7.51. The lowest BCUT2D eigenvalue weighted by molar-refractivity contribution is -0.111. The largest absolute Gasteiger partial charge is 0.494 e. The Bertz CT molecular complexity index is 1180. The van der Waals surface area contributed by atoms with E-state index in [1.165, 1.54) is 19.4 Å². The first kappa shape index (κ1) is 24.3. The number of pyridine rings is 1. The average Bonchev–Trinajstić information content (AvgIpc) is 2.84. The van der Waals surface area contributed by atoms with Crippen molar-refractivity contribution in [2.24, 2.45) is 0 Å². The molecule has 3 aromatic rings. The Hall–Kier alpha value is -4.33. The Morgan fingerprint density at radius 2 is 1.74 bits per heavy atom. The minimum Gasteiger partial charge on any atom is -0.494 e. The zero-order chi connectivity index (χ0) is 24.5. The smallest absolute Gasteiger partial charge is 0.257 e. The van der Waals surface area contributed by atoms with Crippen molar-refractivity contribution >= 4 is 29.3 Å². The molecule has 34 heavy (non-hydrogen) atoms. The number of ether oxygens (including phenoxy) is 3. The van der Waals surface area contributed by atoms with Crippen molar-refractivity contribution in [2.75, 3.05) is 24.9 Å². The van der Waals surface area contributed by atoms with Crippen LogP contribution in [0.3, 0.4) is 0 Å². The molecule has 0 saturated carbocycles. The molecule has 8 nitrogen and oxygen atoms in total. The number of nitrogens with one attached hydrogen (secondary N) is 2. The maximum atomic E-state index is 12.4. The van der Waals surface area contributed by atoms with Gasteiger partial charge in [0.2, 0.25) is 5.91 Å². The number of anilines is 2. The molecule has 176 valence electrons. The number of methoxy groups -OCH3 is 2. The average molecular weight is 462 g/mol. The van der Waals surface area contributed by atoms with E-state index in [0.29, 0.717) is 34.2 Å². The van der Waals surface area contributed by atoms with Crippen LogP contribution >= 0.6 is 0 Å². The molecule has 8 heteroatoms. The van der Waals surface area contributed by atoms with E-state index in [4.69, 9.17) is 14.2 Å². The molecule has 2 aromatic carbocycles. The highest BCUT2D eigenvalue weighted by atomic mass is 16.5. The Balaban J connectivity index is 1.66. The number of hydrogen-bond donors (Lipinski definition) is 2. The van der Waals surface area contributed by atoms with Gasteiger partial charge >= 0.3 is 0 Å². The quantitative estimate of drug-likeness (QED) is 0.445. The number of benzene rings is 2. The summed E-state index contributed by atoms with van der Waals surface area (Å²) >= 11 is 0. The van der Waals surface area contributed by atoms with Gasteiger partial charge in [-0.1, -0.05) is 6.07 Å². The van der Waals surface area contributed by atoms with Gasteiger partial charge in [-0.3, -0.25) is 14.6 Å². The monoisotopic (exact) mass is 461 g/mol. The van der Waals surface area contributed by atoms with Crippen molar-refractivity contribution in [3.8, 4) is 17.2 Å². The van der Waals surface area contributed by atoms with Gasteiger partial charge in [-0.05, 0) is 61.9 Å². The minimum atomic E-state index is -0.323. The molecule has 0 saturated heterocycles. The van der Waals surface area contributed by atoms with E-state index >= 15 is 0 Å². The van der Waals surface area contributed by atoms with Crippen molar-refractivity contribution in [3.63, 3.8) is 0 Å². The summed E-state index contributed by atoms with van der Waals surface area (Å²) in [5, 5.41) is 5.56. The van der Waals surface area contributed by atoms with Crippen molar-refractivity contribution in [1.82, 2.24) is 4.98 Å². The van der Waals surface area contributed by atoms with E-state index in [1.54, 1.807) is 61.8 Å². The van der Waals surface area contributed by atoms with Crippen LogP contribution in [-0.4, -0.2) is 37.1 Å². The van der Waals surface area contributed by atoms with E-state index in [-0.39, 0.29) is 17.9 Å². The molecule has 1 heterocycles. The zero-order valence-electron chi connectivity index (χ0n) is 19.5. The maximum absolute atomic E-state index is 12.4. The summed E-state index contributed by atoms with van der Waals surface area (Å²) in [5.41, 5.74) is 2.20. The van der Waals surface area contributed by atoms with Gasteiger partial charge in [0.05, 0.1) is 31.6 Å². The summed E-state index contributed by atoms with van der Waals surface area (Å²) < 4.78 is 16.5. The fourth-order valence-corrected chi connectivity index (χ4v) is 3.06. The zero-order valence-corrected chi connectivity index (χ0v) is 19.5. The fraction of sp³-hybridized carbons (Fsp3) is 0.192. The highest BCUT2D eigenvalue weighted by Crippen LogP contribution is 2.30. The molecule has 0 aliphatic carbocycles. The molecule has 0 aliphatic heterocycles. The van der Waals surface area contributed by atoms with Crippen LogP contribution in [0, 0.1) is 0 Å². The first-order chi connectivity index (χ1) is 16.4.